The van der Waals surface area contributed by atoms with Gasteiger partial charge in [-0.1, -0.05) is 52.0 Å². The van der Waals surface area contributed by atoms with Gasteiger partial charge < -0.3 is 10.2 Å². The lowest BCUT2D eigenvalue weighted by Crippen LogP contribution is -2.32. The first-order valence-corrected chi connectivity index (χ1v) is 14.5. The van der Waals surface area contributed by atoms with Crippen LogP contribution in [0.4, 0.5) is 27.6 Å². The van der Waals surface area contributed by atoms with E-state index >= 15 is 0 Å². The first kappa shape index (κ1) is 35.2. The van der Waals surface area contributed by atoms with Crippen molar-refractivity contribution < 1.29 is 26.7 Å². The van der Waals surface area contributed by atoms with Crippen LogP contribution in [-0.2, 0) is 12.7 Å². The highest BCUT2D eigenvalue weighted by molar-refractivity contribution is 5.94. The van der Waals surface area contributed by atoms with Crippen molar-refractivity contribution in [2.75, 3.05) is 25.2 Å². The molecule has 234 valence electrons. The fourth-order valence-corrected chi connectivity index (χ4v) is 4.92. The van der Waals surface area contributed by atoms with Crippen LogP contribution >= 0.6 is 0 Å². The van der Waals surface area contributed by atoms with Crippen LogP contribution in [0.5, 0.6) is 0 Å². The van der Waals surface area contributed by atoms with Crippen molar-refractivity contribution in [3.8, 4) is 0 Å². The SMILES string of the molecule is CC.CC.CF.Cc1nc2ccc(F)cn2c1C(=O)NCc1ccc(N2CCC(c3ccc(C(F)(F)F)cc3)CC2)cc1. The average molecular weight is 605 g/mol. The standard InChI is InChI=1S/C28H26F4N4O.2C2H6.CH3F/c1-18-26(36-17-23(29)8-11-25(36)34-18)27(37)33-16-19-2-9-24(10-3-19)35-14-12-21(13-15-35)20-4-6-22(7-5-20)28(30,31)32;3*1-2/h2-11,17,21H,12-16H2,1H3,(H,33,37);2*1-2H3;1H3. The van der Waals surface area contributed by atoms with E-state index in [1.54, 1.807) is 19.1 Å². The minimum absolute atomic E-state index is 0.240. The van der Waals surface area contributed by atoms with Gasteiger partial charge in [-0.15, -0.1) is 0 Å². The Balaban J connectivity index is 0.00000101. The largest absolute Gasteiger partial charge is 0.416 e. The zero-order valence-corrected chi connectivity index (χ0v) is 25.6. The highest BCUT2D eigenvalue weighted by Gasteiger charge is 2.30. The van der Waals surface area contributed by atoms with Gasteiger partial charge in [-0.2, -0.15) is 13.2 Å². The van der Waals surface area contributed by atoms with Gasteiger partial charge in [0, 0.05) is 31.5 Å². The van der Waals surface area contributed by atoms with Gasteiger partial charge in [0.1, 0.15) is 17.2 Å². The fraction of sp³-hybridized carbons (Fsp3) is 0.394. The number of hydrogen-bond donors (Lipinski definition) is 1. The molecular formula is C33H41F5N4O. The molecule has 0 bridgehead atoms. The summed E-state index contributed by atoms with van der Waals surface area (Å²) in [5.41, 5.74) is 3.66. The van der Waals surface area contributed by atoms with Gasteiger partial charge in [0.05, 0.1) is 18.4 Å². The number of nitrogens with zero attached hydrogens (tertiary/aromatic N) is 3. The Hall–Kier alpha value is -3.95. The number of aryl methyl sites for hydroxylation is 1. The van der Waals surface area contributed by atoms with Crippen LogP contribution in [-0.4, -0.2) is 35.6 Å². The molecule has 1 amide bonds. The fourth-order valence-electron chi connectivity index (χ4n) is 4.92. The van der Waals surface area contributed by atoms with Crippen LogP contribution in [0.1, 0.15) is 79.3 Å². The van der Waals surface area contributed by atoms with Crippen LogP contribution in [0.25, 0.3) is 5.65 Å². The molecule has 1 aliphatic rings. The van der Waals surface area contributed by atoms with Gasteiger partial charge in [-0.25, -0.2) is 9.37 Å². The van der Waals surface area contributed by atoms with E-state index in [-0.39, 0.29) is 11.8 Å². The van der Waals surface area contributed by atoms with E-state index in [9.17, 15) is 26.7 Å². The number of nitrogens with one attached hydrogen (secondary N) is 1. The van der Waals surface area contributed by atoms with Crippen molar-refractivity contribution in [1.82, 2.24) is 14.7 Å². The molecule has 3 heterocycles. The van der Waals surface area contributed by atoms with Crippen LogP contribution in [0, 0.1) is 12.7 Å². The maximum absolute atomic E-state index is 13.7. The second-order valence-electron chi connectivity index (χ2n) is 9.35. The van der Waals surface area contributed by atoms with Crippen LogP contribution in [0.15, 0.2) is 66.9 Å². The van der Waals surface area contributed by atoms with Gasteiger partial charge in [-0.05, 0) is 73.2 Å². The predicted octanol–water partition coefficient (Wildman–Crippen LogP) is 8.75. The third kappa shape index (κ3) is 9.02. The highest BCUT2D eigenvalue weighted by Crippen LogP contribution is 2.34. The monoisotopic (exact) mass is 604 g/mol. The predicted molar refractivity (Wildman–Crippen MR) is 163 cm³/mol. The Morgan fingerprint density at radius 2 is 1.49 bits per heavy atom. The third-order valence-corrected chi connectivity index (χ3v) is 6.93. The molecule has 43 heavy (non-hydrogen) atoms. The third-order valence-electron chi connectivity index (χ3n) is 6.93. The van der Waals surface area contributed by atoms with Gasteiger partial charge in [0.2, 0.25) is 0 Å². The van der Waals surface area contributed by atoms with Crippen molar-refractivity contribution in [2.24, 2.45) is 0 Å². The molecule has 0 aliphatic carbocycles. The number of amides is 1. The van der Waals surface area contributed by atoms with E-state index < -0.39 is 17.6 Å². The maximum Gasteiger partial charge on any atom is 0.416 e. The number of piperidine rings is 1. The molecule has 2 aromatic heterocycles. The van der Waals surface area contributed by atoms with Gasteiger partial charge in [0.15, 0.2) is 0 Å². The molecule has 0 radical (unpaired) electrons. The Morgan fingerprint density at radius 3 is 2.05 bits per heavy atom. The number of aromatic nitrogens is 2. The number of halogens is 5. The van der Waals surface area contributed by atoms with E-state index in [1.807, 2.05) is 52.0 Å². The van der Waals surface area contributed by atoms with Gasteiger partial charge >= 0.3 is 6.18 Å². The average Bonchev–Trinajstić information content (AvgIpc) is 3.37. The molecule has 5 nitrogen and oxygen atoms in total. The maximum atomic E-state index is 13.7. The van der Waals surface area contributed by atoms with E-state index in [2.05, 4.69) is 15.2 Å². The Bertz CT molecular complexity index is 1410. The second kappa shape index (κ2) is 16.6. The second-order valence-corrected chi connectivity index (χ2v) is 9.35. The minimum Gasteiger partial charge on any atom is -0.371 e. The number of imidazole rings is 1. The first-order valence-electron chi connectivity index (χ1n) is 14.5. The number of carbonyl (C=O) groups is 1. The van der Waals surface area contributed by atoms with Crippen LogP contribution < -0.4 is 10.2 Å². The van der Waals surface area contributed by atoms with Crippen LogP contribution in [0.2, 0.25) is 0 Å². The molecule has 0 saturated carbocycles. The number of pyridine rings is 1. The molecule has 1 saturated heterocycles. The van der Waals surface area contributed by atoms with Crippen molar-refractivity contribution in [2.45, 2.75) is 66.1 Å². The van der Waals surface area contributed by atoms with Crippen molar-refractivity contribution >= 4 is 17.2 Å². The molecule has 1 fully saturated rings. The Kier molecular flexibility index (Phi) is 13.6. The Labute approximate surface area is 250 Å². The number of benzene rings is 2. The molecule has 1 aliphatic heterocycles. The van der Waals surface area contributed by atoms with Gasteiger partial charge in [0.25, 0.3) is 5.91 Å². The smallest absolute Gasteiger partial charge is 0.371 e. The molecule has 1 N–H and O–H groups in total. The lowest BCUT2D eigenvalue weighted by molar-refractivity contribution is -0.137. The van der Waals surface area contributed by atoms with Crippen molar-refractivity contribution in [1.29, 1.82) is 0 Å². The molecule has 0 unspecified atom stereocenters. The lowest BCUT2D eigenvalue weighted by Gasteiger charge is -2.34. The summed E-state index contributed by atoms with van der Waals surface area (Å²) in [6, 6.07) is 16.3. The van der Waals surface area contributed by atoms with E-state index in [0.29, 0.717) is 30.8 Å². The quantitative estimate of drug-likeness (QED) is 0.232. The number of anilines is 1. The summed E-state index contributed by atoms with van der Waals surface area (Å²) in [4.78, 5) is 19.4. The molecule has 4 aromatic rings. The summed E-state index contributed by atoms with van der Waals surface area (Å²) in [6.45, 7) is 11.7. The molecule has 0 atom stereocenters. The minimum atomic E-state index is -4.32. The summed E-state index contributed by atoms with van der Waals surface area (Å²) in [7, 11) is 0.500. The molecular weight excluding hydrogens is 563 g/mol. The molecule has 2 aromatic carbocycles. The topological polar surface area (TPSA) is 49.6 Å². The number of alkyl halides is 4. The zero-order valence-electron chi connectivity index (χ0n) is 25.6. The summed E-state index contributed by atoms with van der Waals surface area (Å²) in [5, 5.41) is 2.88. The highest BCUT2D eigenvalue weighted by atomic mass is 19.4. The van der Waals surface area contributed by atoms with Gasteiger partial charge in [-0.3, -0.25) is 13.6 Å². The molecule has 10 heteroatoms. The van der Waals surface area contributed by atoms with E-state index in [1.165, 1.54) is 22.7 Å². The van der Waals surface area contributed by atoms with Crippen LogP contribution in [0.3, 0.4) is 0 Å². The summed E-state index contributed by atoms with van der Waals surface area (Å²) < 4.78 is 63.1. The summed E-state index contributed by atoms with van der Waals surface area (Å²) in [6.07, 6.45) is -1.34. The zero-order chi connectivity index (χ0) is 32.2. The lowest BCUT2D eigenvalue weighted by atomic mass is 9.88. The molecule has 5 rings (SSSR count). The summed E-state index contributed by atoms with van der Waals surface area (Å²) in [5.74, 6) is -0.535. The number of fused-ring (bicyclic) bond motifs is 1. The number of hydrogen-bond acceptors (Lipinski definition) is 3. The van der Waals surface area contributed by atoms with Crippen molar-refractivity contribution in [3.05, 3.63) is 101 Å². The summed E-state index contributed by atoms with van der Waals surface area (Å²) >= 11 is 0. The van der Waals surface area contributed by atoms with E-state index in [4.69, 9.17) is 0 Å². The molecule has 0 spiro atoms. The number of rotatable bonds is 5. The van der Waals surface area contributed by atoms with Crippen molar-refractivity contribution in [3.63, 3.8) is 0 Å². The Morgan fingerprint density at radius 1 is 0.907 bits per heavy atom. The van der Waals surface area contributed by atoms with E-state index in [0.717, 1.165) is 54.9 Å². The first-order chi connectivity index (χ1) is 20.7. The number of carbonyl (C=O) groups excluding carboxylic acids is 1. The normalized spacial score (nSPS) is 13.1.